The van der Waals surface area contributed by atoms with Gasteiger partial charge in [0.05, 0.1) is 5.69 Å². The Morgan fingerprint density at radius 3 is 2.11 bits per heavy atom. The van der Waals surface area contributed by atoms with Crippen molar-refractivity contribution in [3.63, 3.8) is 0 Å². The molecule has 37 heavy (non-hydrogen) atoms. The summed E-state index contributed by atoms with van der Waals surface area (Å²) in [6.45, 7) is 0.872. The van der Waals surface area contributed by atoms with Gasteiger partial charge in [0.25, 0.3) is 0 Å². The van der Waals surface area contributed by atoms with Crippen LogP contribution >= 0.6 is 0 Å². The molecule has 2 aromatic heterocycles. The average Bonchev–Trinajstić information content (AvgIpc) is 3.37. The van der Waals surface area contributed by atoms with Crippen LogP contribution in [-0.2, 0) is 19.4 Å². The molecule has 1 aliphatic rings. The standard InChI is InChI=1S/C34H35N3/c1-3-10-26(11-4-1)12-9-17-32-22-33(36-34(35-32)29-13-5-2-6-14-29)28-20-18-27(19-21-28)23-37-24-30-15-7-8-16-31(30)25-37/h1,3-4,7-8,10-11,15-16,18-22,24-25,29H,2,5-6,9,12-14,17,23H2. The third kappa shape index (κ3) is 5.83. The van der Waals surface area contributed by atoms with Gasteiger partial charge >= 0.3 is 0 Å². The van der Waals surface area contributed by atoms with Gasteiger partial charge < -0.3 is 4.57 Å². The lowest BCUT2D eigenvalue weighted by atomic mass is 9.88. The Bertz CT molecular complexity index is 1410. The van der Waals surface area contributed by atoms with E-state index in [0.717, 1.165) is 37.3 Å². The number of nitrogens with zero attached hydrogens (tertiary/aromatic N) is 3. The minimum atomic E-state index is 0.503. The third-order valence-corrected chi connectivity index (χ3v) is 7.73. The topological polar surface area (TPSA) is 30.7 Å². The Balaban J connectivity index is 1.22. The molecule has 2 heterocycles. The molecule has 0 spiro atoms. The highest BCUT2D eigenvalue weighted by molar-refractivity contribution is 5.82. The molecular weight excluding hydrogens is 450 g/mol. The van der Waals surface area contributed by atoms with Crippen molar-refractivity contribution in [2.75, 3.05) is 0 Å². The van der Waals surface area contributed by atoms with E-state index in [0.29, 0.717) is 5.92 Å². The summed E-state index contributed by atoms with van der Waals surface area (Å²) in [5.74, 6) is 1.57. The minimum absolute atomic E-state index is 0.503. The summed E-state index contributed by atoms with van der Waals surface area (Å²) >= 11 is 0. The number of hydrogen-bond acceptors (Lipinski definition) is 2. The zero-order valence-electron chi connectivity index (χ0n) is 21.5. The highest BCUT2D eigenvalue weighted by Gasteiger charge is 2.20. The number of aryl methyl sites for hydroxylation is 2. The largest absolute Gasteiger partial charge is 0.349 e. The second kappa shape index (κ2) is 11.1. The zero-order chi connectivity index (χ0) is 24.9. The molecule has 3 nitrogen and oxygen atoms in total. The Morgan fingerprint density at radius 1 is 0.676 bits per heavy atom. The molecule has 3 aromatic carbocycles. The van der Waals surface area contributed by atoms with Crippen LogP contribution < -0.4 is 0 Å². The first-order valence-corrected chi connectivity index (χ1v) is 13.9. The van der Waals surface area contributed by atoms with Crippen LogP contribution in [-0.4, -0.2) is 14.5 Å². The molecule has 0 bridgehead atoms. The molecular formula is C34H35N3. The fourth-order valence-corrected chi connectivity index (χ4v) is 5.68. The summed E-state index contributed by atoms with van der Waals surface area (Å²) in [6, 6.07) is 30.5. The van der Waals surface area contributed by atoms with E-state index in [2.05, 4.69) is 102 Å². The van der Waals surface area contributed by atoms with E-state index in [4.69, 9.17) is 9.97 Å². The van der Waals surface area contributed by atoms with Gasteiger partial charge in [0.2, 0.25) is 0 Å². The van der Waals surface area contributed by atoms with Crippen molar-refractivity contribution in [1.82, 2.24) is 14.5 Å². The van der Waals surface area contributed by atoms with Gasteiger partial charge in [0.1, 0.15) is 5.82 Å². The van der Waals surface area contributed by atoms with Gasteiger partial charge in [-0.25, -0.2) is 9.97 Å². The Morgan fingerprint density at radius 2 is 1.38 bits per heavy atom. The number of benzene rings is 3. The van der Waals surface area contributed by atoms with Gasteiger partial charge in [-0.1, -0.05) is 98.1 Å². The Kier molecular flexibility index (Phi) is 7.12. The van der Waals surface area contributed by atoms with E-state index >= 15 is 0 Å². The molecule has 6 rings (SSSR count). The molecule has 5 aromatic rings. The van der Waals surface area contributed by atoms with E-state index < -0.39 is 0 Å². The van der Waals surface area contributed by atoms with Crippen molar-refractivity contribution in [3.8, 4) is 11.3 Å². The van der Waals surface area contributed by atoms with Crippen LogP contribution in [0.15, 0.2) is 97.3 Å². The molecule has 0 radical (unpaired) electrons. The summed E-state index contributed by atoms with van der Waals surface area (Å²) in [5, 5.41) is 2.57. The summed E-state index contributed by atoms with van der Waals surface area (Å²) in [7, 11) is 0. The van der Waals surface area contributed by atoms with Crippen LogP contribution in [0.25, 0.3) is 22.0 Å². The molecule has 0 N–H and O–H groups in total. The average molecular weight is 486 g/mol. The molecule has 1 fully saturated rings. The molecule has 3 heteroatoms. The van der Waals surface area contributed by atoms with Crippen molar-refractivity contribution >= 4 is 10.8 Å². The van der Waals surface area contributed by atoms with Gasteiger partial charge in [0.15, 0.2) is 0 Å². The number of fused-ring (bicyclic) bond motifs is 1. The smallest absolute Gasteiger partial charge is 0.132 e. The normalized spacial score (nSPS) is 14.3. The van der Waals surface area contributed by atoms with E-state index in [1.807, 2.05) is 0 Å². The molecule has 1 aliphatic carbocycles. The highest BCUT2D eigenvalue weighted by atomic mass is 14.9. The van der Waals surface area contributed by atoms with Gasteiger partial charge in [-0.05, 0) is 60.1 Å². The third-order valence-electron chi connectivity index (χ3n) is 7.73. The first-order chi connectivity index (χ1) is 18.3. The second-order valence-electron chi connectivity index (χ2n) is 10.5. The zero-order valence-corrected chi connectivity index (χ0v) is 21.5. The summed E-state index contributed by atoms with van der Waals surface area (Å²) in [4.78, 5) is 10.2. The number of rotatable bonds is 8. The van der Waals surface area contributed by atoms with Gasteiger partial charge in [-0.15, -0.1) is 0 Å². The Hall–Kier alpha value is -3.72. The van der Waals surface area contributed by atoms with Crippen LogP contribution in [0.3, 0.4) is 0 Å². The Labute approximate surface area is 220 Å². The van der Waals surface area contributed by atoms with Gasteiger partial charge in [0, 0.05) is 36.1 Å². The molecule has 186 valence electrons. The maximum absolute atomic E-state index is 5.12. The molecule has 0 amide bonds. The second-order valence-corrected chi connectivity index (χ2v) is 10.5. The first kappa shape index (κ1) is 23.7. The fourth-order valence-electron chi connectivity index (χ4n) is 5.68. The summed E-state index contributed by atoms with van der Waals surface area (Å²) < 4.78 is 2.27. The first-order valence-electron chi connectivity index (χ1n) is 13.9. The lowest BCUT2D eigenvalue weighted by molar-refractivity contribution is 0.428. The van der Waals surface area contributed by atoms with Crippen molar-refractivity contribution in [1.29, 1.82) is 0 Å². The molecule has 0 atom stereocenters. The number of hydrogen-bond donors (Lipinski definition) is 0. The van der Waals surface area contributed by atoms with E-state index in [1.165, 1.54) is 65.3 Å². The fraction of sp³-hybridized carbons (Fsp3) is 0.294. The lowest BCUT2D eigenvalue weighted by Crippen LogP contribution is -2.11. The molecule has 0 unspecified atom stereocenters. The predicted molar refractivity (Wildman–Crippen MR) is 153 cm³/mol. The van der Waals surface area contributed by atoms with Crippen molar-refractivity contribution in [2.45, 2.75) is 63.8 Å². The van der Waals surface area contributed by atoms with Crippen LogP contribution in [0.4, 0.5) is 0 Å². The van der Waals surface area contributed by atoms with Crippen LogP contribution in [0.2, 0.25) is 0 Å². The lowest BCUT2D eigenvalue weighted by Gasteiger charge is -2.21. The predicted octanol–water partition coefficient (Wildman–Crippen LogP) is 8.37. The maximum Gasteiger partial charge on any atom is 0.132 e. The van der Waals surface area contributed by atoms with Crippen LogP contribution in [0, 0.1) is 0 Å². The van der Waals surface area contributed by atoms with Gasteiger partial charge in [-0.2, -0.15) is 0 Å². The molecule has 1 saturated carbocycles. The molecule has 0 aliphatic heterocycles. The maximum atomic E-state index is 5.12. The van der Waals surface area contributed by atoms with E-state index in [1.54, 1.807) is 0 Å². The van der Waals surface area contributed by atoms with Crippen molar-refractivity contribution < 1.29 is 0 Å². The highest BCUT2D eigenvalue weighted by Crippen LogP contribution is 2.32. The van der Waals surface area contributed by atoms with E-state index in [9.17, 15) is 0 Å². The minimum Gasteiger partial charge on any atom is -0.349 e. The van der Waals surface area contributed by atoms with Crippen LogP contribution in [0.1, 0.15) is 67.1 Å². The van der Waals surface area contributed by atoms with E-state index in [-0.39, 0.29) is 0 Å². The van der Waals surface area contributed by atoms with Crippen LogP contribution in [0.5, 0.6) is 0 Å². The van der Waals surface area contributed by atoms with Crippen molar-refractivity contribution in [3.05, 3.63) is 120 Å². The number of aromatic nitrogens is 3. The quantitative estimate of drug-likeness (QED) is 0.221. The SMILES string of the molecule is c1ccc(CCCc2cc(-c3ccc(Cn4cc5ccccc5c4)cc3)nc(C3CCCCC3)n2)cc1. The molecule has 0 saturated heterocycles. The van der Waals surface area contributed by atoms with Crippen molar-refractivity contribution in [2.24, 2.45) is 0 Å². The summed E-state index contributed by atoms with van der Waals surface area (Å²) in [5.41, 5.74) is 6.14. The summed E-state index contributed by atoms with van der Waals surface area (Å²) in [6.07, 6.45) is 14.0. The monoisotopic (exact) mass is 485 g/mol. The van der Waals surface area contributed by atoms with Gasteiger partial charge in [-0.3, -0.25) is 0 Å².